The molecule has 0 radical (unpaired) electrons. The predicted molar refractivity (Wildman–Crippen MR) is 90.2 cm³/mol. The van der Waals surface area contributed by atoms with E-state index in [0.717, 1.165) is 5.75 Å². The van der Waals surface area contributed by atoms with Gasteiger partial charge in [-0.05, 0) is 6.07 Å². The zero-order chi connectivity index (χ0) is 16.9. The van der Waals surface area contributed by atoms with Crippen molar-refractivity contribution >= 4 is 29.3 Å². The third-order valence-corrected chi connectivity index (χ3v) is 4.66. The summed E-state index contributed by atoms with van der Waals surface area (Å²) in [6.07, 6.45) is 3.56. The molecule has 0 saturated carbocycles. The molecule has 3 rings (SSSR count). The maximum absolute atomic E-state index is 13.7. The van der Waals surface area contributed by atoms with Crippen LogP contribution in [0, 0.1) is 5.82 Å². The SMILES string of the molecule is O=C1CCSC[C@H](C(=O)Nc2cnn(Cc3ccccc3F)c2)N1. The Balaban J connectivity index is 1.62. The molecule has 0 unspecified atom stereocenters. The Kier molecular flexibility index (Phi) is 5.14. The van der Waals surface area contributed by atoms with Crippen molar-refractivity contribution in [3.8, 4) is 0 Å². The molecule has 6 nitrogen and oxygen atoms in total. The fourth-order valence-corrected chi connectivity index (χ4v) is 3.33. The number of benzene rings is 1. The van der Waals surface area contributed by atoms with Crippen LogP contribution in [0.1, 0.15) is 12.0 Å². The van der Waals surface area contributed by atoms with Gasteiger partial charge in [-0.3, -0.25) is 14.3 Å². The minimum absolute atomic E-state index is 0.115. The summed E-state index contributed by atoms with van der Waals surface area (Å²) in [4.78, 5) is 23.8. The summed E-state index contributed by atoms with van der Waals surface area (Å²) in [5.41, 5.74) is 1.03. The van der Waals surface area contributed by atoms with Gasteiger partial charge >= 0.3 is 0 Å². The lowest BCUT2D eigenvalue weighted by molar-refractivity contribution is -0.125. The molecule has 2 amide bonds. The molecule has 0 aliphatic carbocycles. The van der Waals surface area contributed by atoms with E-state index < -0.39 is 6.04 Å². The van der Waals surface area contributed by atoms with Crippen molar-refractivity contribution in [1.82, 2.24) is 15.1 Å². The van der Waals surface area contributed by atoms with Crippen LogP contribution < -0.4 is 10.6 Å². The number of anilines is 1. The smallest absolute Gasteiger partial charge is 0.247 e. The van der Waals surface area contributed by atoms with Crippen LogP contribution >= 0.6 is 11.8 Å². The minimum atomic E-state index is -0.556. The lowest BCUT2D eigenvalue weighted by Gasteiger charge is -2.14. The van der Waals surface area contributed by atoms with E-state index >= 15 is 0 Å². The molecule has 2 N–H and O–H groups in total. The third kappa shape index (κ3) is 4.14. The summed E-state index contributed by atoms with van der Waals surface area (Å²) < 4.78 is 15.2. The molecule has 1 saturated heterocycles. The van der Waals surface area contributed by atoms with Gasteiger partial charge in [-0.1, -0.05) is 18.2 Å². The Bertz CT molecular complexity index is 749. The number of amides is 2. The molecule has 0 bridgehead atoms. The second-order valence-corrected chi connectivity index (χ2v) is 6.60. The van der Waals surface area contributed by atoms with Gasteiger partial charge in [-0.2, -0.15) is 16.9 Å². The van der Waals surface area contributed by atoms with Gasteiger partial charge in [0, 0.05) is 29.7 Å². The zero-order valence-electron chi connectivity index (χ0n) is 12.9. The highest BCUT2D eigenvalue weighted by molar-refractivity contribution is 7.99. The Morgan fingerprint density at radius 2 is 2.29 bits per heavy atom. The number of halogens is 1. The van der Waals surface area contributed by atoms with E-state index in [1.165, 1.54) is 12.3 Å². The first-order valence-corrected chi connectivity index (χ1v) is 8.71. The van der Waals surface area contributed by atoms with Gasteiger partial charge in [0.15, 0.2) is 0 Å². The minimum Gasteiger partial charge on any atom is -0.343 e. The first-order chi connectivity index (χ1) is 11.6. The van der Waals surface area contributed by atoms with Gasteiger partial charge < -0.3 is 10.6 Å². The first-order valence-electron chi connectivity index (χ1n) is 7.55. The third-order valence-electron chi connectivity index (χ3n) is 3.60. The quantitative estimate of drug-likeness (QED) is 0.881. The highest BCUT2D eigenvalue weighted by atomic mass is 32.2. The summed E-state index contributed by atoms with van der Waals surface area (Å²) in [5.74, 6) is 0.576. The van der Waals surface area contributed by atoms with Crippen LogP contribution in [0.3, 0.4) is 0 Å². The standard InChI is InChI=1S/C16H17FN4O2S/c17-13-4-2-1-3-11(13)8-21-9-12(7-18-21)19-16(23)14-10-24-6-5-15(22)20-14/h1-4,7,9,14H,5-6,8,10H2,(H,19,23)(H,20,22)/t14-/m1/s1. The van der Waals surface area contributed by atoms with Gasteiger partial charge in [0.25, 0.3) is 0 Å². The number of nitrogens with zero attached hydrogens (tertiary/aromatic N) is 2. The Hall–Kier alpha value is -2.35. The highest BCUT2D eigenvalue weighted by Gasteiger charge is 2.23. The van der Waals surface area contributed by atoms with Crippen molar-refractivity contribution in [3.05, 3.63) is 48.0 Å². The van der Waals surface area contributed by atoms with E-state index in [9.17, 15) is 14.0 Å². The molecule has 1 atom stereocenters. The largest absolute Gasteiger partial charge is 0.343 e. The molecule has 24 heavy (non-hydrogen) atoms. The van der Waals surface area contributed by atoms with Crippen LogP contribution in [0.5, 0.6) is 0 Å². The molecule has 2 aromatic rings. The second-order valence-electron chi connectivity index (χ2n) is 5.45. The Morgan fingerprint density at radius 3 is 3.12 bits per heavy atom. The molecule has 0 spiro atoms. The summed E-state index contributed by atoms with van der Waals surface area (Å²) >= 11 is 1.57. The molecule has 1 fully saturated rings. The van der Waals surface area contributed by atoms with Crippen molar-refractivity contribution in [1.29, 1.82) is 0 Å². The van der Waals surface area contributed by atoms with Crippen LogP contribution in [-0.4, -0.2) is 39.1 Å². The molecule has 126 valence electrons. The number of carbonyl (C=O) groups excluding carboxylic acids is 2. The molecule has 1 aliphatic heterocycles. The van der Waals surface area contributed by atoms with Crippen LogP contribution in [0.25, 0.3) is 0 Å². The number of nitrogens with one attached hydrogen (secondary N) is 2. The van der Waals surface area contributed by atoms with E-state index in [1.807, 2.05) is 0 Å². The van der Waals surface area contributed by atoms with Crippen LogP contribution in [0.4, 0.5) is 10.1 Å². The van der Waals surface area contributed by atoms with Gasteiger partial charge in [0.1, 0.15) is 11.9 Å². The normalized spacial score (nSPS) is 17.9. The number of rotatable bonds is 4. The van der Waals surface area contributed by atoms with E-state index in [2.05, 4.69) is 15.7 Å². The molecular formula is C16H17FN4O2S. The van der Waals surface area contributed by atoms with E-state index in [4.69, 9.17) is 0 Å². The first kappa shape index (κ1) is 16.5. The average molecular weight is 348 g/mol. The van der Waals surface area contributed by atoms with Gasteiger partial charge in [0.2, 0.25) is 11.8 Å². The van der Waals surface area contributed by atoms with Crippen molar-refractivity contribution in [3.63, 3.8) is 0 Å². The van der Waals surface area contributed by atoms with Gasteiger partial charge in [0.05, 0.1) is 18.4 Å². The molecular weight excluding hydrogens is 331 g/mol. The fourth-order valence-electron chi connectivity index (χ4n) is 2.36. The number of carbonyl (C=O) groups is 2. The lowest BCUT2D eigenvalue weighted by atomic mass is 10.2. The number of aromatic nitrogens is 2. The summed E-state index contributed by atoms with van der Waals surface area (Å²) in [6, 6.07) is 5.92. The number of hydrogen-bond donors (Lipinski definition) is 2. The lowest BCUT2D eigenvalue weighted by Crippen LogP contribution is -2.44. The highest BCUT2D eigenvalue weighted by Crippen LogP contribution is 2.14. The molecule has 1 aromatic carbocycles. The van der Waals surface area contributed by atoms with Crippen molar-refractivity contribution in [2.45, 2.75) is 19.0 Å². The Morgan fingerprint density at radius 1 is 1.46 bits per heavy atom. The summed E-state index contributed by atoms with van der Waals surface area (Å²) in [7, 11) is 0. The maximum atomic E-state index is 13.7. The van der Waals surface area contributed by atoms with Crippen LogP contribution in [-0.2, 0) is 16.1 Å². The summed E-state index contributed by atoms with van der Waals surface area (Å²) in [5, 5.41) is 9.57. The monoisotopic (exact) mass is 348 g/mol. The summed E-state index contributed by atoms with van der Waals surface area (Å²) in [6.45, 7) is 0.276. The average Bonchev–Trinajstić information content (AvgIpc) is 2.87. The molecule has 8 heteroatoms. The predicted octanol–water partition coefficient (Wildman–Crippen LogP) is 1.63. The van der Waals surface area contributed by atoms with Crippen molar-refractivity contribution in [2.75, 3.05) is 16.8 Å². The Labute approximate surface area is 142 Å². The number of thioether (sulfide) groups is 1. The van der Waals surface area contributed by atoms with Crippen molar-refractivity contribution in [2.24, 2.45) is 0 Å². The molecule has 1 aromatic heterocycles. The van der Waals surface area contributed by atoms with Crippen LogP contribution in [0.2, 0.25) is 0 Å². The zero-order valence-corrected chi connectivity index (χ0v) is 13.7. The second kappa shape index (κ2) is 7.48. The topological polar surface area (TPSA) is 76.0 Å². The fraction of sp³-hybridized carbons (Fsp3) is 0.312. The van der Waals surface area contributed by atoms with Crippen molar-refractivity contribution < 1.29 is 14.0 Å². The molecule has 1 aliphatic rings. The van der Waals surface area contributed by atoms with Gasteiger partial charge in [-0.25, -0.2) is 4.39 Å². The van der Waals surface area contributed by atoms with E-state index in [0.29, 0.717) is 23.4 Å². The van der Waals surface area contributed by atoms with Crippen LogP contribution in [0.15, 0.2) is 36.7 Å². The van der Waals surface area contributed by atoms with Gasteiger partial charge in [-0.15, -0.1) is 0 Å². The molecule has 2 heterocycles. The van der Waals surface area contributed by atoms with E-state index in [1.54, 1.807) is 40.8 Å². The maximum Gasteiger partial charge on any atom is 0.247 e. The van der Waals surface area contributed by atoms with E-state index in [-0.39, 0.29) is 24.2 Å². The number of hydrogen-bond acceptors (Lipinski definition) is 4.